The number of carbonyl (C=O) groups is 1. The highest BCUT2D eigenvalue weighted by molar-refractivity contribution is 7.98. The van der Waals surface area contributed by atoms with E-state index in [4.69, 9.17) is 5.73 Å². The Kier molecular flexibility index (Phi) is 4.93. The van der Waals surface area contributed by atoms with Crippen LogP contribution in [0.3, 0.4) is 0 Å². The summed E-state index contributed by atoms with van der Waals surface area (Å²) in [5.41, 5.74) is 10.4. The van der Waals surface area contributed by atoms with Gasteiger partial charge in [-0.3, -0.25) is 8.77 Å². The summed E-state index contributed by atoms with van der Waals surface area (Å²) in [6.07, 6.45) is 3.81. The van der Waals surface area contributed by atoms with Crippen molar-refractivity contribution in [3.05, 3.63) is 102 Å². The Morgan fingerprint density at radius 1 is 1.05 bits per heavy atom. The second-order valence-corrected chi connectivity index (χ2v) is 10.2. The number of carbonyl (C=O) groups excluding carboxylic acids is 1. The second kappa shape index (κ2) is 8.35. The van der Waals surface area contributed by atoms with Crippen LogP contribution in [-0.2, 0) is 0 Å². The average Bonchev–Trinajstić information content (AvgIpc) is 3.42. The van der Waals surface area contributed by atoms with Crippen molar-refractivity contribution in [3.8, 4) is 5.69 Å². The molecule has 1 aliphatic carbocycles. The second-order valence-electron chi connectivity index (χ2n) is 9.21. The standard InChI is InChI=1S/C28H21FN6OS/c29-18-8-11-24-17(12-18)13-25(35(24)37-20-4-2-1-3-5-20)26(36)21-15-31-34(27(21)30)19-9-10-22-23(14-19)33-28(32-22)16-6-7-16/h1-5,8-16H,6-7,30H2,(H,32,33). The van der Waals surface area contributed by atoms with Gasteiger partial charge in [0.25, 0.3) is 0 Å². The molecule has 0 bridgehead atoms. The number of hydrogen-bond acceptors (Lipinski definition) is 5. The molecule has 0 amide bonds. The number of nitrogens with two attached hydrogens (primary N) is 1. The lowest BCUT2D eigenvalue weighted by molar-refractivity contribution is 0.103. The fourth-order valence-electron chi connectivity index (χ4n) is 4.58. The molecule has 0 atom stereocenters. The van der Waals surface area contributed by atoms with Crippen LogP contribution >= 0.6 is 11.9 Å². The number of nitrogen functional groups attached to an aromatic ring is 1. The SMILES string of the molecule is Nc1c(C(=O)c2cc3cc(F)ccc3n2Sc2ccccc2)cnn1-c1ccc2nc(C3CC3)[nH]c2c1. The average molecular weight is 509 g/mol. The van der Waals surface area contributed by atoms with Crippen LogP contribution in [0.1, 0.15) is 40.6 Å². The zero-order chi connectivity index (χ0) is 25.1. The Balaban J connectivity index is 1.29. The summed E-state index contributed by atoms with van der Waals surface area (Å²) in [5.74, 6) is 1.11. The molecule has 1 fully saturated rings. The molecule has 1 aliphatic rings. The predicted octanol–water partition coefficient (Wildman–Crippen LogP) is 6.09. The van der Waals surface area contributed by atoms with Crippen LogP contribution in [0.15, 0.2) is 83.9 Å². The number of imidazole rings is 1. The highest BCUT2D eigenvalue weighted by Gasteiger charge is 2.27. The van der Waals surface area contributed by atoms with Crippen LogP contribution in [0.5, 0.6) is 0 Å². The maximum absolute atomic E-state index is 14.0. The molecule has 0 unspecified atom stereocenters. The highest BCUT2D eigenvalue weighted by Crippen LogP contribution is 2.39. The molecule has 0 radical (unpaired) electrons. The molecule has 3 aromatic heterocycles. The molecule has 0 aliphatic heterocycles. The lowest BCUT2D eigenvalue weighted by Crippen LogP contribution is -2.10. The van der Waals surface area contributed by atoms with E-state index in [-0.39, 0.29) is 23.0 Å². The minimum atomic E-state index is -0.361. The van der Waals surface area contributed by atoms with E-state index in [0.29, 0.717) is 17.0 Å². The number of ketones is 1. The summed E-state index contributed by atoms with van der Waals surface area (Å²) in [5, 5.41) is 5.07. The predicted molar refractivity (Wildman–Crippen MR) is 143 cm³/mol. The van der Waals surface area contributed by atoms with Gasteiger partial charge in [0.15, 0.2) is 0 Å². The third-order valence-electron chi connectivity index (χ3n) is 6.64. The maximum Gasteiger partial charge on any atom is 0.215 e. The smallest absolute Gasteiger partial charge is 0.215 e. The monoisotopic (exact) mass is 508 g/mol. The van der Waals surface area contributed by atoms with Crippen molar-refractivity contribution in [1.82, 2.24) is 23.7 Å². The third-order valence-corrected chi connectivity index (χ3v) is 7.69. The minimum Gasteiger partial charge on any atom is -0.383 e. The van der Waals surface area contributed by atoms with Gasteiger partial charge in [0.2, 0.25) is 5.78 Å². The Morgan fingerprint density at radius 3 is 2.70 bits per heavy atom. The molecule has 9 heteroatoms. The first-order chi connectivity index (χ1) is 18.0. The van der Waals surface area contributed by atoms with E-state index in [0.717, 1.165) is 45.8 Å². The maximum atomic E-state index is 14.0. The van der Waals surface area contributed by atoms with Gasteiger partial charge in [-0.25, -0.2) is 14.1 Å². The van der Waals surface area contributed by atoms with E-state index in [1.807, 2.05) is 52.5 Å². The van der Waals surface area contributed by atoms with Crippen molar-refractivity contribution in [2.24, 2.45) is 0 Å². The van der Waals surface area contributed by atoms with Crippen LogP contribution in [-0.4, -0.2) is 29.5 Å². The van der Waals surface area contributed by atoms with Gasteiger partial charge in [-0.2, -0.15) is 5.10 Å². The van der Waals surface area contributed by atoms with E-state index in [1.165, 1.54) is 30.3 Å². The van der Waals surface area contributed by atoms with Gasteiger partial charge >= 0.3 is 0 Å². The van der Waals surface area contributed by atoms with E-state index in [9.17, 15) is 9.18 Å². The molecule has 7 rings (SSSR count). The van der Waals surface area contributed by atoms with Gasteiger partial charge in [0.05, 0.1) is 34.0 Å². The van der Waals surface area contributed by atoms with Gasteiger partial charge in [-0.1, -0.05) is 18.2 Å². The highest BCUT2D eigenvalue weighted by atomic mass is 32.2. The minimum absolute atomic E-state index is 0.235. The molecule has 37 heavy (non-hydrogen) atoms. The van der Waals surface area contributed by atoms with Gasteiger partial charge in [0, 0.05) is 16.2 Å². The van der Waals surface area contributed by atoms with E-state index in [2.05, 4.69) is 15.1 Å². The summed E-state index contributed by atoms with van der Waals surface area (Å²) < 4.78 is 17.4. The van der Waals surface area contributed by atoms with Crippen molar-refractivity contribution in [2.45, 2.75) is 23.7 Å². The fourth-order valence-corrected chi connectivity index (χ4v) is 5.57. The summed E-state index contributed by atoms with van der Waals surface area (Å²) >= 11 is 1.39. The zero-order valence-corrected chi connectivity index (χ0v) is 20.4. The van der Waals surface area contributed by atoms with E-state index >= 15 is 0 Å². The molecule has 0 saturated heterocycles. The molecule has 6 aromatic rings. The van der Waals surface area contributed by atoms with E-state index in [1.54, 1.807) is 16.8 Å². The summed E-state index contributed by atoms with van der Waals surface area (Å²) in [7, 11) is 0. The molecular weight excluding hydrogens is 487 g/mol. The number of anilines is 1. The van der Waals surface area contributed by atoms with E-state index < -0.39 is 0 Å². The number of fused-ring (bicyclic) bond motifs is 2. The van der Waals surface area contributed by atoms with Crippen molar-refractivity contribution in [3.63, 3.8) is 0 Å². The molecule has 7 nitrogen and oxygen atoms in total. The molecule has 0 spiro atoms. The summed E-state index contributed by atoms with van der Waals surface area (Å²) in [4.78, 5) is 22.8. The van der Waals surface area contributed by atoms with Crippen LogP contribution in [0.2, 0.25) is 0 Å². The van der Waals surface area contributed by atoms with Gasteiger partial charge in [-0.15, -0.1) is 0 Å². The number of rotatable bonds is 6. The van der Waals surface area contributed by atoms with Crippen molar-refractivity contribution in [1.29, 1.82) is 0 Å². The summed E-state index contributed by atoms with van der Waals surface area (Å²) in [6.45, 7) is 0. The lowest BCUT2D eigenvalue weighted by atomic mass is 10.1. The molecule has 3 N–H and O–H groups in total. The van der Waals surface area contributed by atoms with Crippen LogP contribution in [0.4, 0.5) is 10.2 Å². The number of nitrogens with one attached hydrogen (secondary N) is 1. The zero-order valence-electron chi connectivity index (χ0n) is 19.6. The van der Waals surface area contributed by atoms with Crippen LogP contribution in [0, 0.1) is 5.82 Å². The largest absolute Gasteiger partial charge is 0.383 e. The number of aromatic amines is 1. The topological polar surface area (TPSA) is 94.5 Å². The molecular formula is C28H21FN6OS. The van der Waals surface area contributed by atoms with Crippen LogP contribution in [0.25, 0.3) is 27.6 Å². The van der Waals surface area contributed by atoms with Gasteiger partial charge in [-0.05, 0) is 79.4 Å². The summed E-state index contributed by atoms with van der Waals surface area (Å²) in [6, 6.07) is 21.7. The van der Waals surface area contributed by atoms with Crippen molar-refractivity contribution in [2.75, 3.05) is 5.73 Å². The number of benzene rings is 3. The Hall–Kier alpha value is -4.37. The molecule has 182 valence electrons. The Labute approximate surface area is 215 Å². The van der Waals surface area contributed by atoms with Crippen LogP contribution < -0.4 is 5.73 Å². The number of nitrogens with zero attached hydrogens (tertiary/aromatic N) is 4. The quantitative estimate of drug-likeness (QED) is 0.266. The Morgan fingerprint density at radius 2 is 1.89 bits per heavy atom. The normalized spacial score (nSPS) is 13.5. The first kappa shape index (κ1) is 21.9. The number of aromatic nitrogens is 5. The van der Waals surface area contributed by atoms with Gasteiger partial charge in [0.1, 0.15) is 23.2 Å². The molecule has 3 aromatic carbocycles. The van der Waals surface area contributed by atoms with Crippen molar-refractivity contribution < 1.29 is 9.18 Å². The first-order valence-electron chi connectivity index (χ1n) is 12.0. The number of halogens is 1. The van der Waals surface area contributed by atoms with Gasteiger partial charge < -0.3 is 10.7 Å². The Bertz CT molecular complexity index is 1820. The first-order valence-corrected chi connectivity index (χ1v) is 12.7. The third kappa shape index (κ3) is 3.79. The number of hydrogen-bond donors (Lipinski definition) is 2. The van der Waals surface area contributed by atoms with Crippen molar-refractivity contribution >= 4 is 45.5 Å². The molecule has 1 saturated carbocycles. The fraction of sp³-hybridized carbons (Fsp3) is 0.107. The molecule has 3 heterocycles. The lowest BCUT2D eigenvalue weighted by Gasteiger charge is -2.09. The number of H-pyrrole nitrogens is 1.